The van der Waals surface area contributed by atoms with Crippen LogP contribution in [0.15, 0.2) is 54.6 Å². The van der Waals surface area contributed by atoms with Gasteiger partial charge in [-0.1, -0.05) is 25.1 Å². The Labute approximate surface area is 236 Å². The van der Waals surface area contributed by atoms with Crippen LogP contribution in [0.2, 0.25) is 0 Å². The number of rotatable bonds is 3. The number of benzene rings is 3. The molecule has 2 saturated heterocycles. The lowest BCUT2D eigenvalue weighted by molar-refractivity contribution is -0.119. The smallest absolute Gasteiger partial charge is 0.258 e. The molecule has 0 aromatic heterocycles. The van der Waals surface area contributed by atoms with Gasteiger partial charge >= 0.3 is 0 Å². The van der Waals surface area contributed by atoms with E-state index < -0.39 is 0 Å². The molecule has 1 unspecified atom stereocenters. The molecule has 4 aliphatic heterocycles. The number of fused-ring (bicyclic) bond motifs is 3. The quantitative estimate of drug-likeness (QED) is 0.439. The van der Waals surface area contributed by atoms with Crippen LogP contribution in [0.25, 0.3) is 11.1 Å². The van der Waals surface area contributed by atoms with Crippen molar-refractivity contribution in [1.29, 1.82) is 0 Å². The first-order valence-electron chi connectivity index (χ1n) is 14.7. The molecular weight excluding hydrogens is 498 g/mol. The molecule has 40 heavy (non-hydrogen) atoms. The zero-order valence-corrected chi connectivity index (χ0v) is 23.7. The lowest BCUT2D eigenvalue weighted by atomic mass is 9.74. The number of amides is 2. The summed E-state index contributed by atoms with van der Waals surface area (Å²) in [4.78, 5) is 32.5. The number of carbonyl (C=O) groups is 2. The number of hydrogen-bond donors (Lipinski definition) is 0. The normalized spacial score (nSPS) is 21.6. The number of hydrogen-bond acceptors (Lipinski definition) is 4. The standard InChI is InChI=1S/C34H37N3O3/c1-22-10-14-36(32(22)38)27-8-9-28(23(2)18-27)24-4-6-25(7-5-24)33(39)37-15-11-26-19-31-29(20-30(26)37)34(21-40-31)12-16-35(3)17-13-34/h4-9,18-20,22H,10-17,21H2,1-3H3. The maximum absolute atomic E-state index is 13.7. The molecule has 0 saturated carbocycles. The summed E-state index contributed by atoms with van der Waals surface area (Å²) in [5, 5.41) is 0. The molecule has 0 bridgehead atoms. The molecule has 7 rings (SSSR count). The van der Waals surface area contributed by atoms with E-state index >= 15 is 0 Å². The minimum Gasteiger partial charge on any atom is -0.492 e. The Hall–Kier alpha value is -3.64. The first kappa shape index (κ1) is 25.3. The molecule has 1 spiro atoms. The van der Waals surface area contributed by atoms with Crippen LogP contribution in [0.5, 0.6) is 5.75 Å². The molecule has 6 heteroatoms. The molecule has 2 fully saturated rings. The van der Waals surface area contributed by atoms with Gasteiger partial charge in [-0.25, -0.2) is 0 Å². The van der Waals surface area contributed by atoms with Crippen LogP contribution in [0, 0.1) is 12.8 Å². The summed E-state index contributed by atoms with van der Waals surface area (Å²) in [7, 11) is 2.19. The number of nitrogens with zero attached hydrogens (tertiary/aromatic N) is 3. The highest BCUT2D eigenvalue weighted by Crippen LogP contribution is 2.49. The van der Waals surface area contributed by atoms with Crippen molar-refractivity contribution < 1.29 is 14.3 Å². The van der Waals surface area contributed by atoms with Crippen molar-refractivity contribution in [2.45, 2.75) is 44.9 Å². The van der Waals surface area contributed by atoms with Crippen LogP contribution >= 0.6 is 0 Å². The zero-order valence-electron chi connectivity index (χ0n) is 23.7. The van der Waals surface area contributed by atoms with Crippen LogP contribution < -0.4 is 14.5 Å². The molecule has 4 aliphatic rings. The Morgan fingerprint density at radius 3 is 2.45 bits per heavy atom. The SMILES string of the molecule is Cc1cc(N2CCC(C)C2=O)ccc1-c1ccc(C(=O)N2CCc3cc4c(cc32)C2(CCN(C)CC2)CO4)cc1. The molecule has 1 atom stereocenters. The fourth-order valence-electron chi connectivity index (χ4n) is 7.08. The third kappa shape index (κ3) is 4.03. The monoisotopic (exact) mass is 535 g/mol. The second-order valence-electron chi connectivity index (χ2n) is 12.3. The predicted molar refractivity (Wildman–Crippen MR) is 158 cm³/mol. The summed E-state index contributed by atoms with van der Waals surface area (Å²) in [5.74, 6) is 1.37. The minimum absolute atomic E-state index is 0.0512. The van der Waals surface area contributed by atoms with Gasteiger partial charge in [-0.15, -0.1) is 0 Å². The number of anilines is 2. The van der Waals surface area contributed by atoms with Gasteiger partial charge in [-0.3, -0.25) is 9.59 Å². The van der Waals surface area contributed by atoms with E-state index in [-0.39, 0.29) is 23.1 Å². The molecule has 0 aliphatic carbocycles. The molecule has 0 N–H and O–H groups in total. The summed E-state index contributed by atoms with van der Waals surface area (Å²) < 4.78 is 6.20. The van der Waals surface area contributed by atoms with E-state index in [4.69, 9.17) is 4.74 Å². The fourth-order valence-corrected chi connectivity index (χ4v) is 7.08. The van der Waals surface area contributed by atoms with E-state index in [1.807, 2.05) is 47.1 Å². The van der Waals surface area contributed by atoms with Crippen molar-refractivity contribution in [1.82, 2.24) is 4.90 Å². The summed E-state index contributed by atoms with van der Waals surface area (Å²) in [6.07, 6.45) is 3.96. The average molecular weight is 536 g/mol. The Balaban J connectivity index is 1.12. The first-order valence-corrected chi connectivity index (χ1v) is 14.7. The van der Waals surface area contributed by atoms with Crippen LogP contribution in [0.1, 0.15) is 53.2 Å². The van der Waals surface area contributed by atoms with Gasteiger partial charge in [-0.2, -0.15) is 0 Å². The van der Waals surface area contributed by atoms with Crippen molar-refractivity contribution >= 4 is 23.2 Å². The second kappa shape index (κ2) is 9.48. The fraction of sp³-hybridized carbons (Fsp3) is 0.412. The molecule has 3 aromatic carbocycles. The average Bonchev–Trinajstić information content (AvgIpc) is 3.64. The number of likely N-dealkylation sites (tertiary alicyclic amines) is 1. The Morgan fingerprint density at radius 1 is 0.975 bits per heavy atom. The highest BCUT2D eigenvalue weighted by molar-refractivity contribution is 6.07. The summed E-state index contributed by atoms with van der Waals surface area (Å²) >= 11 is 0. The summed E-state index contributed by atoms with van der Waals surface area (Å²) in [6, 6.07) is 18.7. The number of aryl methyl sites for hydroxylation is 1. The van der Waals surface area contributed by atoms with Gasteiger partial charge in [0.05, 0.1) is 6.61 Å². The lowest BCUT2D eigenvalue weighted by Gasteiger charge is -2.37. The predicted octanol–water partition coefficient (Wildman–Crippen LogP) is 5.59. The van der Waals surface area contributed by atoms with E-state index in [1.165, 1.54) is 11.1 Å². The third-order valence-electron chi connectivity index (χ3n) is 9.78. The number of carbonyl (C=O) groups excluding carboxylic acids is 2. The maximum atomic E-state index is 13.7. The molecule has 2 amide bonds. The molecule has 206 valence electrons. The molecule has 4 heterocycles. The summed E-state index contributed by atoms with van der Waals surface area (Å²) in [6.45, 7) is 8.47. The topological polar surface area (TPSA) is 53.1 Å². The Bertz CT molecular complexity index is 1500. The van der Waals surface area contributed by atoms with Gasteiger partial charge in [-0.05, 0) is 111 Å². The Morgan fingerprint density at radius 2 is 1.75 bits per heavy atom. The first-order chi connectivity index (χ1) is 19.3. The molecule has 0 radical (unpaired) electrons. The number of ether oxygens (including phenoxy) is 1. The van der Waals surface area contributed by atoms with Gasteiger partial charge < -0.3 is 19.4 Å². The van der Waals surface area contributed by atoms with E-state index in [0.29, 0.717) is 12.1 Å². The highest BCUT2D eigenvalue weighted by atomic mass is 16.5. The van der Waals surface area contributed by atoms with Gasteiger partial charge in [0.15, 0.2) is 0 Å². The van der Waals surface area contributed by atoms with Crippen molar-refractivity contribution in [3.63, 3.8) is 0 Å². The van der Waals surface area contributed by atoms with Crippen molar-refractivity contribution in [2.75, 3.05) is 49.6 Å². The lowest BCUT2D eigenvalue weighted by Crippen LogP contribution is -2.42. The molecular formula is C34H37N3O3. The number of piperidine rings is 1. The molecule has 3 aromatic rings. The van der Waals surface area contributed by atoms with Crippen molar-refractivity contribution in [3.8, 4) is 16.9 Å². The third-order valence-corrected chi connectivity index (χ3v) is 9.78. The van der Waals surface area contributed by atoms with Crippen molar-refractivity contribution in [3.05, 3.63) is 76.9 Å². The van der Waals surface area contributed by atoms with Crippen LogP contribution in [-0.4, -0.2) is 56.5 Å². The van der Waals surface area contributed by atoms with Crippen molar-refractivity contribution in [2.24, 2.45) is 5.92 Å². The van der Waals surface area contributed by atoms with Crippen LogP contribution in [0.3, 0.4) is 0 Å². The van der Waals surface area contributed by atoms with E-state index in [0.717, 1.165) is 85.7 Å². The van der Waals surface area contributed by atoms with Gasteiger partial charge in [0.2, 0.25) is 5.91 Å². The second-order valence-corrected chi connectivity index (χ2v) is 12.3. The largest absolute Gasteiger partial charge is 0.492 e. The van der Waals surface area contributed by atoms with E-state index in [1.54, 1.807) is 0 Å². The van der Waals surface area contributed by atoms with Crippen LogP contribution in [-0.2, 0) is 16.6 Å². The van der Waals surface area contributed by atoms with E-state index in [2.05, 4.69) is 43.1 Å². The van der Waals surface area contributed by atoms with Gasteiger partial charge in [0, 0.05) is 46.9 Å². The molecule has 6 nitrogen and oxygen atoms in total. The van der Waals surface area contributed by atoms with Crippen LogP contribution in [0.4, 0.5) is 11.4 Å². The van der Waals surface area contributed by atoms with Gasteiger partial charge in [0.25, 0.3) is 5.91 Å². The summed E-state index contributed by atoms with van der Waals surface area (Å²) in [5.41, 5.74) is 8.60. The highest BCUT2D eigenvalue weighted by Gasteiger charge is 2.44. The zero-order chi connectivity index (χ0) is 27.6. The minimum atomic E-state index is 0.0512. The Kier molecular flexibility index (Phi) is 6.00. The van der Waals surface area contributed by atoms with Gasteiger partial charge in [0.1, 0.15) is 5.75 Å². The van der Waals surface area contributed by atoms with E-state index in [9.17, 15) is 9.59 Å². The maximum Gasteiger partial charge on any atom is 0.258 e.